The van der Waals surface area contributed by atoms with E-state index in [1.54, 1.807) is 37.3 Å². The first kappa shape index (κ1) is 12.7. The van der Waals surface area contributed by atoms with Gasteiger partial charge in [0.25, 0.3) is 0 Å². The van der Waals surface area contributed by atoms with Gasteiger partial charge in [0.1, 0.15) is 0 Å². The average molecular weight is 241 g/mol. The maximum absolute atomic E-state index is 11.9. The lowest BCUT2D eigenvalue weighted by Gasteiger charge is -2.18. The van der Waals surface area contributed by atoms with Crippen LogP contribution >= 0.6 is 11.6 Å². The zero-order valence-electron chi connectivity index (χ0n) is 9.20. The normalized spacial score (nSPS) is 13.9. The first-order valence-corrected chi connectivity index (χ1v) is 5.34. The fraction of sp³-hybridized carbons (Fsp3) is 0.333. The first-order chi connectivity index (χ1) is 7.50. The fourth-order valence-electron chi connectivity index (χ4n) is 1.22. The molecule has 0 saturated carbocycles. The Hall–Kier alpha value is -1.35. The van der Waals surface area contributed by atoms with E-state index in [4.69, 9.17) is 16.3 Å². The van der Waals surface area contributed by atoms with E-state index in [0.717, 1.165) is 0 Å². The van der Waals surface area contributed by atoms with Crippen molar-refractivity contribution in [2.45, 2.75) is 18.7 Å². The van der Waals surface area contributed by atoms with Gasteiger partial charge in [-0.2, -0.15) is 0 Å². The Morgan fingerprint density at radius 1 is 1.31 bits per heavy atom. The Morgan fingerprint density at radius 3 is 2.38 bits per heavy atom. The van der Waals surface area contributed by atoms with E-state index in [1.165, 1.54) is 6.92 Å². The van der Waals surface area contributed by atoms with Crippen molar-refractivity contribution in [2.75, 3.05) is 6.61 Å². The molecule has 3 nitrogen and oxygen atoms in total. The summed E-state index contributed by atoms with van der Waals surface area (Å²) in [4.78, 5) is 21.8. The zero-order chi connectivity index (χ0) is 12.2. The Kier molecular flexibility index (Phi) is 4.07. The molecule has 86 valence electrons. The quantitative estimate of drug-likeness (QED) is 0.351. The summed E-state index contributed by atoms with van der Waals surface area (Å²) in [5.41, 5.74) is 0.396. The monoisotopic (exact) mass is 240 g/mol. The lowest BCUT2D eigenvalue weighted by Crippen LogP contribution is -2.39. The highest BCUT2D eigenvalue weighted by Crippen LogP contribution is 2.22. The second kappa shape index (κ2) is 5.12. The number of benzene rings is 1. The van der Waals surface area contributed by atoms with Crippen LogP contribution in [0.2, 0.25) is 0 Å². The average Bonchev–Trinajstić information content (AvgIpc) is 2.29. The molecule has 0 amide bonds. The fourth-order valence-corrected chi connectivity index (χ4v) is 1.38. The van der Waals surface area contributed by atoms with Crippen LogP contribution in [0.4, 0.5) is 0 Å². The van der Waals surface area contributed by atoms with E-state index in [0.29, 0.717) is 5.56 Å². The van der Waals surface area contributed by atoms with Gasteiger partial charge in [0, 0.05) is 5.56 Å². The summed E-state index contributed by atoms with van der Waals surface area (Å²) in [5.74, 6) is -1.17. The minimum Gasteiger partial charge on any atom is -0.464 e. The maximum atomic E-state index is 11.9. The van der Waals surface area contributed by atoms with Gasteiger partial charge in [0.2, 0.25) is 4.87 Å². The van der Waals surface area contributed by atoms with Gasteiger partial charge in [-0.05, 0) is 13.8 Å². The van der Waals surface area contributed by atoms with Crippen LogP contribution in [0.1, 0.15) is 24.2 Å². The van der Waals surface area contributed by atoms with Gasteiger partial charge in [0.15, 0.2) is 5.78 Å². The second-order valence-electron chi connectivity index (χ2n) is 3.42. The van der Waals surface area contributed by atoms with Crippen molar-refractivity contribution < 1.29 is 14.3 Å². The highest BCUT2D eigenvalue weighted by molar-refractivity contribution is 6.47. The third kappa shape index (κ3) is 2.61. The zero-order valence-corrected chi connectivity index (χ0v) is 9.95. The highest BCUT2D eigenvalue weighted by Gasteiger charge is 2.40. The number of ketones is 1. The molecule has 16 heavy (non-hydrogen) atoms. The summed E-state index contributed by atoms with van der Waals surface area (Å²) >= 11 is 5.93. The van der Waals surface area contributed by atoms with Crippen LogP contribution in [0.25, 0.3) is 0 Å². The summed E-state index contributed by atoms with van der Waals surface area (Å²) in [6.45, 7) is 3.21. The lowest BCUT2D eigenvalue weighted by atomic mass is 9.99. The molecule has 0 saturated heterocycles. The molecule has 4 heteroatoms. The highest BCUT2D eigenvalue weighted by atomic mass is 35.5. The molecule has 0 aromatic heterocycles. The van der Waals surface area contributed by atoms with Crippen molar-refractivity contribution in [3.05, 3.63) is 35.9 Å². The smallest absolute Gasteiger partial charge is 0.335 e. The molecule has 1 rings (SSSR count). The Bertz CT molecular complexity index is 385. The Labute approximate surface area is 99.4 Å². The molecule has 0 heterocycles. The van der Waals surface area contributed by atoms with Crippen LogP contribution in [-0.4, -0.2) is 23.2 Å². The van der Waals surface area contributed by atoms with E-state index in [9.17, 15) is 9.59 Å². The summed E-state index contributed by atoms with van der Waals surface area (Å²) in [6.07, 6.45) is 0. The number of hydrogen-bond donors (Lipinski definition) is 0. The van der Waals surface area contributed by atoms with Crippen molar-refractivity contribution in [1.82, 2.24) is 0 Å². The standard InChI is InChI=1S/C12H13ClO3/c1-3-16-11(15)12(2,13)10(14)9-7-5-4-6-8-9/h4-8H,3H2,1-2H3. The number of alkyl halides is 1. The number of carbonyl (C=O) groups is 2. The van der Waals surface area contributed by atoms with E-state index in [2.05, 4.69) is 0 Å². The third-order valence-electron chi connectivity index (χ3n) is 2.12. The van der Waals surface area contributed by atoms with Gasteiger partial charge in [-0.25, -0.2) is 4.79 Å². The summed E-state index contributed by atoms with van der Waals surface area (Å²) < 4.78 is 4.76. The summed E-state index contributed by atoms with van der Waals surface area (Å²) in [7, 11) is 0. The molecular formula is C12H13ClO3. The van der Waals surface area contributed by atoms with Gasteiger partial charge < -0.3 is 4.74 Å². The number of Topliss-reactive ketones (excluding diaryl/α,β-unsaturated/α-hetero) is 1. The molecule has 0 radical (unpaired) electrons. The Morgan fingerprint density at radius 2 is 1.88 bits per heavy atom. The van der Waals surface area contributed by atoms with Crippen LogP contribution in [0.15, 0.2) is 30.3 Å². The van der Waals surface area contributed by atoms with Gasteiger partial charge >= 0.3 is 5.97 Å². The minimum atomic E-state index is -1.66. The van der Waals surface area contributed by atoms with Crippen molar-refractivity contribution in [1.29, 1.82) is 0 Å². The number of carbonyl (C=O) groups excluding carboxylic acids is 2. The third-order valence-corrected chi connectivity index (χ3v) is 2.45. The second-order valence-corrected chi connectivity index (χ2v) is 4.17. The first-order valence-electron chi connectivity index (χ1n) is 4.96. The number of halogens is 1. The molecule has 1 atom stereocenters. The van der Waals surface area contributed by atoms with Gasteiger partial charge in [-0.1, -0.05) is 41.9 Å². The Balaban J connectivity index is 2.92. The van der Waals surface area contributed by atoms with Crippen molar-refractivity contribution in [3.8, 4) is 0 Å². The van der Waals surface area contributed by atoms with E-state index in [1.807, 2.05) is 0 Å². The number of hydrogen-bond acceptors (Lipinski definition) is 3. The van der Waals surface area contributed by atoms with Crippen LogP contribution in [-0.2, 0) is 9.53 Å². The predicted octanol–water partition coefficient (Wildman–Crippen LogP) is 2.43. The lowest BCUT2D eigenvalue weighted by molar-refractivity contribution is -0.144. The van der Waals surface area contributed by atoms with E-state index in [-0.39, 0.29) is 6.61 Å². The van der Waals surface area contributed by atoms with Crippen LogP contribution in [0, 0.1) is 0 Å². The molecule has 1 aromatic rings. The van der Waals surface area contributed by atoms with Gasteiger partial charge in [0.05, 0.1) is 6.61 Å². The molecule has 0 N–H and O–H groups in total. The number of rotatable bonds is 4. The van der Waals surface area contributed by atoms with E-state index >= 15 is 0 Å². The molecule has 1 unspecified atom stereocenters. The molecule has 1 aromatic carbocycles. The summed E-state index contributed by atoms with van der Waals surface area (Å²) in [6, 6.07) is 8.44. The van der Waals surface area contributed by atoms with E-state index < -0.39 is 16.6 Å². The maximum Gasteiger partial charge on any atom is 0.335 e. The van der Waals surface area contributed by atoms with Crippen LogP contribution in [0.3, 0.4) is 0 Å². The van der Waals surface area contributed by atoms with Gasteiger partial charge in [-0.15, -0.1) is 0 Å². The topological polar surface area (TPSA) is 43.4 Å². The molecule has 0 aliphatic carbocycles. The SMILES string of the molecule is CCOC(=O)C(C)(Cl)C(=O)c1ccccc1. The van der Waals surface area contributed by atoms with Crippen molar-refractivity contribution >= 4 is 23.4 Å². The number of ether oxygens (including phenoxy) is 1. The minimum absolute atomic E-state index is 0.198. The van der Waals surface area contributed by atoms with Crippen molar-refractivity contribution in [3.63, 3.8) is 0 Å². The molecular weight excluding hydrogens is 228 g/mol. The molecule has 0 aliphatic heterocycles. The van der Waals surface area contributed by atoms with Crippen LogP contribution in [0.5, 0.6) is 0 Å². The molecule has 0 spiro atoms. The molecule has 0 bridgehead atoms. The van der Waals surface area contributed by atoms with Crippen molar-refractivity contribution in [2.24, 2.45) is 0 Å². The summed E-state index contributed by atoms with van der Waals surface area (Å²) in [5, 5.41) is 0. The predicted molar refractivity (Wildman–Crippen MR) is 61.7 cm³/mol. The largest absolute Gasteiger partial charge is 0.464 e. The number of esters is 1. The molecule has 0 fully saturated rings. The van der Waals surface area contributed by atoms with Crippen LogP contribution < -0.4 is 0 Å². The molecule has 0 aliphatic rings. The van der Waals surface area contributed by atoms with Gasteiger partial charge in [-0.3, -0.25) is 4.79 Å².